The Morgan fingerprint density at radius 1 is 1.14 bits per heavy atom. The van der Waals surface area contributed by atoms with Crippen molar-refractivity contribution in [3.05, 3.63) is 66.4 Å². The standard InChI is InChI=1S/C21H28N4O2.HI/c1-4-12-26-19-9-7-6-8-18(19)16-25-21(22-3)24-15-17-10-11-20(23-14-17)27-13-5-2;/h4,6-11,14H,1,5,12-13,15-16H2,2-3H3,(H2,22,24,25);1H. The topological polar surface area (TPSA) is 67.8 Å². The van der Waals surface area contributed by atoms with Gasteiger partial charge in [0.2, 0.25) is 5.88 Å². The Labute approximate surface area is 184 Å². The van der Waals surface area contributed by atoms with Crippen LogP contribution in [0.2, 0.25) is 0 Å². The summed E-state index contributed by atoms with van der Waals surface area (Å²) in [6.45, 7) is 8.14. The third-order valence-electron chi connectivity index (χ3n) is 3.71. The van der Waals surface area contributed by atoms with Crippen LogP contribution in [-0.4, -0.2) is 31.2 Å². The van der Waals surface area contributed by atoms with Crippen LogP contribution in [0.5, 0.6) is 11.6 Å². The van der Waals surface area contributed by atoms with E-state index in [0.717, 1.165) is 23.3 Å². The number of nitrogens with zero attached hydrogens (tertiary/aromatic N) is 2. The zero-order valence-corrected chi connectivity index (χ0v) is 18.8. The van der Waals surface area contributed by atoms with Gasteiger partial charge in [-0.05, 0) is 18.1 Å². The highest BCUT2D eigenvalue weighted by Crippen LogP contribution is 2.17. The van der Waals surface area contributed by atoms with Crippen LogP contribution in [0.15, 0.2) is 60.2 Å². The van der Waals surface area contributed by atoms with Crippen LogP contribution >= 0.6 is 24.0 Å². The van der Waals surface area contributed by atoms with Crippen LogP contribution in [0.25, 0.3) is 0 Å². The van der Waals surface area contributed by atoms with Crippen LogP contribution in [0.4, 0.5) is 0 Å². The molecule has 0 radical (unpaired) electrons. The fourth-order valence-electron chi connectivity index (χ4n) is 2.33. The first-order valence-electron chi connectivity index (χ1n) is 9.10. The van der Waals surface area contributed by atoms with Crippen molar-refractivity contribution in [2.75, 3.05) is 20.3 Å². The molecule has 2 aromatic rings. The first-order valence-corrected chi connectivity index (χ1v) is 9.10. The second-order valence-corrected chi connectivity index (χ2v) is 5.84. The number of guanidine groups is 1. The summed E-state index contributed by atoms with van der Waals surface area (Å²) in [5.41, 5.74) is 2.11. The lowest BCUT2D eigenvalue weighted by Gasteiger charge is -2.14. The number of rotatable bonds is 10. The Hall–Kier alpha value is -2.29. The van der Waals surface area contributed by atoms with Crippen LogP contribution in [-0.2, 0) is 13.1 Å². The van der Waals surface area contributed by atoms with Crippen molar-refractivity contribution in [3.8, 4) is 11.6 Å². The van der Waals surface area contributed by atoms with Crippen molar-refractivity contribution >= 4 is 29.9 Å². The fourth-order valence-corrected chi connectivity index (χ4v) is 2.33. The number of aliphatic imine (C=N–C) groups is 1. The molecule has 0 saturated heterocycles. The van der Waals surface area contributed by atoms with E-state index in [1.54, 1.807) is 13.1 Å². The summed E-state index contributed by atoms with van der Waals surface area (Å²) in [6, 6.07) is 11.8. The fraction of sp³-hybridized carbons (Fsp3) is 0.333. The van der Waals surface area contributed by atoms with Crippen molar-refractivity contribution in [1.82, 2.24) is 15.6 Å². The van der Waals surface area contributed by atoms with Crippen LogP contribution in [0, 0.1) is 0 Å². The molecule has 0 unspecified atom stereocenters. The van der Waals surface area contributed by atoms with E-state index < -0.39 is 0 Å². The monoisotopic (exact) mass is 496 g/mol. The second-order valence-electron chi connectivity index (χ2n) is 5.84. The van der Waals surface area contributed by atoms with Crippen molar-refractivity contribution in [3.63, 3.8) is 0 Å². The van der Waals surface area contributed by atoms with Gasteiger partial charge >= 0.3 is 0 Å². The molecule has 1 aromatic heterocycles. The summed E-state index contributed by atoms with van der Waals surface area (Å²) in [4.78, 5) is 8.57. The molecule has 0 aliphatic heterocycles. The maximum Gasteiger partial charge on any atom is 0.213 e. The van der Waals surface area contributed by atoms with E-state index in [4.69, 9.17) is 9.47 Å². The number of ether oxygens (including phenoxy) is 2. The van der Waals surface area contributed by atoms with Gasteiger partial charge in [-0.15, -0.1) is 24.0 Å². The molecule has 2 N–H and O–H groups in total. The molecule has 0 spiro atoms. The highest BCUT2D eigenvalue weighted by atomic mass is 127. The number of pyridine rings is 1. The third-order valence-corrected chi connectivity index (χ3v) is 3.71. The summed E-state index contributed by atoms with van der Waals surface area (Å²) >= 11 is 0. The van der Waals surface area contributed by atoms with Gasteiger partial charge in [-0.25, -0.2) is 4.98 Å². The maximum absolute atomic E-state index is 5.68. The van der Waals surface area contributed by atoms with E-state index in [1.165, 1.54) is 0 Å². The number of para-hydroxylation sites is 1. The molecule has 2 rings (SSSR count). The number of benzene rings is 1. The van der Waals surface area contributed by atoms with Crippen LogP contribution < -0.4 is 20.1 Å². The van der Waals surface area contributed by atoms with Gasteiger partial charge < -0.3 is 20.1 Å². The smallest absolute Gasteiger partial charge is 0.213 e. The Kier molecular flexibility index (Phi) is 11.7. The second kappa shape index (κ2) is 13.8. The van der Waals surface area contributed by atoms with E-state index in [-0.39, 0.29) is 24.0 Å². The van der Waals surface area contributed by atoms with Crippen molar-refractivity contribution in [1.29, 1.82) is 0 Å². The van der Waals surface area contributed by atoms with Crippen LogP contribution in [0.3, 0.4) is 0 Å². The Bertz CT molecular complexity index is 735. The van der Waals surface area contributed by atoms with Gasteiger partial charge in [-0.1, -0.05) is 43.8 Å². The third kappa shape index (κ3) is 8.16. The van der Waals surface area contributed by atoms with E-state index >= 15 is 0 Å². The normalized spacial score (nSPS) is 10.6. The molecule has 0 bridgehead atoms. The lowest BCUT2D eigenvalue weighted by molar-refractivity contribution is 0.305. The summed E-state index contributed by atoms with van der Waals surface area (Å²) < 4.78 is 11.2. The average Bonchev–Trinajstić information content (AvgIpc) is 2.72. The summed E-state index contributed by atoms with van der Waals surface area (Å²) in [5.74, 6) is 2.20. The molecule has 0 amide bonds. The molecular formula is C21H29IN4O2. The van der Waals surface area contributed by atoms with Crippen molar-refractivity contribution in [2.24, 2.45) is 4.99 Å². The zero-order chi connectivity index (χ0) is 19.3. The van der Waals surface area contributed by atoms with Crippen molar-refractivity contribution in [2.45, 2.75) is 26.4 Å². The first kappa shape index (κ1) is 23.7. The number of hydrogen-bond donors (Lipinski definition) is 2. The Balaban J connectivity index is 0.00000392. The Morgan fingerprint density at radius 2 is 1.93 bits per heavy atom. The number of nitrogens with one attached hydrogen (secondary N) is 2. The predicted octanol–water partition coefficient (Wildman–Crippen LogP) is 3.92. The molecule has 0 aliphatic rings. The molecule has 28 heavy (non-hydrogen) atoms. The van der Waals surface area contributed by atoms with E-state index in [0.29, 0.717) is 38.1 Å². The summed E-state index contributed by atoms with van der Waals surface area (Å²) in [6.07, 6.45) is 4.51. The minimum absolute atomic E-state index is 0. The largest absolute Gasteiger partial charge is 0.489 e. The van der Waals surface area contributed by atoms with Gasteiger partial charge in [0.05, 0.1) is 6.61 Å². The SMILES string of the molecule is C=CCOc1ccccc1CNC(=NC)NCc1ccc(OCCC)nc1.I. The lowest BCUT2D eigenvalue weighted by atomic mass is 10.2. The highest BCUT2D eigenvalue weighted by molar-refractivity contribution is 14.0. The van der Waals surface area contributed by atoms with E-state index in [9.17, 15) is 0 Å². The molecule has 6 nitrogen and oxygen atoms in total. The molecular weight excluding hydrogens is 467 g/mol. The molecule has 1 heterocycles. The van der Waals surface area contributed by atoms with Gasteiger partial charge in [0.25, 0.3) is 0 Å². The molecule has 7 heteroatoms. The van der Waals surface area contributed by atoms with Gasteiger partial charge in [0.1, 0.15) is 12.4 Å². The quantitative estimate of drug-likeness (QED) is 0.226. The molecule has 0 atom stereocenters. The highest BCUT2D eigenvalue weighted by Gasteiger charge is 2.05. The number of aromatic nitrogens is 1. The van der Waals surface area contributed by atoms with Crippen molar-refractivity contribution < 1.29 is 9.47 Å². The summed E-state index contributed by atoms with van der Waals surface area (Å²) in [5, 5.41) is 6.58. The maximum atomic E-state index is 5.68. The molecule has 0 aliphatic carbocycles. The van der Waals surface area contributed by atoms with Gasteiger partial charge in [-0.3, -0.25) is 4.99 Å². The number of hydrogen-bond acceptors (Lipinski definition) is 4. The van der Waals surface area contributed by atoms with Gasteiger partial charge in [0.15, 0.2) is 5.96 Å². The molecule has 152 valence electrons. The van der Waals surface area contributed by atoms with Gasteiger partial charge in [-0.2, -0.15) is 0 Å². The van der Waals surface area contributed by atoms with E-state index in [2.05, 4.69) is 34.1 Å². The lowest BCUT2D eigenvalue weighted by Crippen LogP contribution is -2.36. The minimum atomic E-state index is 0. The number of halogens is 1. The molecule has 0 fully saturated rings. The first-order chi connectivity index (χ1) is 13.3. The molecule has 1 aromatic carbocycles. The minimum Gasteiger partial charge on any atom is -0.489 e. The molecule has 0 saturated carbocycles. The van der Waals surface area contributed by atoms with E-state index in [1.807, 2.05) is 42.6 Å². The average molecular weight is 496 g/mol. The van der Waals surface area contributed by atoms with Gasteiger partial charge in [0, 0.05) is 38.0 Å². The Morgan fingerprint density at radius 3 is 2.61 bits per heavy atom. The summed E-state index contributed by atoms with van der Waals surface area (Å²) in [7, 11) is 1.75. The zero-order valence-electron chi connectivity index (χ0n) is 16.5. The predicted molar refractivity (Wildman–Crippen MR) is 125 cm³/mol. The van der Waals surface area contributed by atoms with Crippen LogP contribution in [0.1, 0.15) is 24.5 Å².